The number of anilines is 1. The molecule has 0 saturated carbocycles. The molecule has 0 radical (unpaired) electrons. The number of aromatic nitrogens is 5. The molecule has 43 heavy (non-hydrogen) atoms. The molecule has 220 valence electrons. The molecule has 1 saturated heterocycles. The molecular weight excluding hydrogens is 564 g/mol. The molecule has 1 aliphatic rings. The van der Waals surface area contributed by atoms with E-state index in [1.807, 2.05) is 11.9 Å². The number of nitrogens with one attached hydrogen (secondary N) is 2. The molecule has 1 aliphatic heterocycles. The molecule has 2 aromatic carbocycles. The molecule has 3 N–H and O–H groups in total. The Hall–Kier alpha value is -5.21. The number of aliphatic hydroxyl groups excluding tert-OH is 1. The third-order valence-electron chi connectivity index (χ3n) is 6.95. The van der Waals surface area contributed by atoms with E-state index in [2.05, 4.69) is 25.6 Å². The summed E-state index contributed by atoms with van der Waals surface area (Å²) in [5.74, 6) is -1.84. The number of likely N-dealkylation sites (N-methyl/N-ethyl adjacent to an activating group) is 1. The van der Waals surface area contributed by atoms with Crippen LogP contribution in [0.1, 0.15) is 16.8 Å². The molecule has 12 nitrogen and oxygen atoms in total. The highest BCUT2D eigenvalue weighted by atomic mass is 19.1. The van der Waals surface area contributed by atoms with E-state index < -0.39 is 35.3 Å². The number of fused-ring (bicyclic) bond motifs is 1. The first-order chi connectivity index (χ1) is 20.8. The molecule has 0 bridgehead atoms. The van der Waals surface area contributed by atoms with E-state index in [0.29, 0.717) is 24.0 Å². The van der Waals surface area contributed by atoms with Crippen molar-refractivity contribution in [1.82, 2.24) is 29.9 Å². The highest BCUT2D eigenvalue weighted by Gasteiger charge is 2.29. The van der Waals surface area contributed by atoms with Crippen LogP contribution in [0.5, 0.6) is 17.4 Å². The van der Waals surface area contributed by atoms with Gasteiger partial charge in [0.15, 0.2) is 17.2 Å². The quantitative estimate of drug-likeness (QED) is 0.260. The molecule has 14 heteroatoms. The SMILES string of the molecule is CN1CC[C@H](Oc2n[nH]c3nccc(Oc4ccc(NC(=O)c5ccnn(-c6ccc(F)cc6)c5=O)cc4F)c23)[C@@H](O)C1. The minimum atomic E-state index is -0.794. The number of H-pyrrole nitrogens is 1. The van der Waals surface area contributed by atoms with E-state index in [-0.39, 0.29) is 34.3 Å². The monoisotopic (exact) mass is 589 g/mol. The van der Waals surface area contributed by atoms with Gasteiger partial charge in [0, 0.05) is 43.3 Å². The Morgan fingerprint density at radius 3 is 2.67 bits per heavy atom. The summed E-state index contributed by atoms with van der Waals surface area (Å²) in [6.07, 6.45) is 2.10. The second-order valence-corrected chi connectivity index (χ2v) is 9.98. The van der Waals surface area contributed by atoms with Crippen LogP contribution in [0.15, 0.2) is 71.8 Å². The molecular formula is C29H25F2N7O5. The molecule has 2 atom stereocenters. The number of hydrogen-bond acceptors (Lipinski definition) is 9. The van der Waals surface area contributed by atoms with Gasteiger partial charge in [0.25, 0.3) is 11.5 Å². The molecule has 1 amide bonds. The van der Waals surface area contributed by atoms with E-state index in [1.54, 1.807) is 0 Å². The number of benzene rings is 2. The highest BCUT2D eigenvalue weighted by molar-refractivity contribution is 6.04. The van der Waals surface area contributed by atoms with Crippen LogP contribution >= 0.6 is 0 Å². The number of halogens is 2. The average molecular weight is 590 g/mol. The number of aromatic amines is 1. The lowest BCUT2D eigenvalue weighted by Gasteiger charge is -2.33. The molecule has 0 spiro atoms. The number of carbonyl (C=O) groups is 1. The van der Waals surface area contributed by atoms with E-state index in [0.717, 1.165) is 17.3 Å². The summed E-state index contributed by atoms with van der Waals surface area (Å²) in [4.78, 5) is 32.0. The number of carbonyl (C=O) groups excluding carboxylic acids is 1. The van der Waals surface area contributed by atoms with Crippen molar-refractivity contribution in [2.75, 3.05) is 25.5 Å². The Kier molecular flexibility index (Phi) is 7.52. The topological polar surface area (TPSA) is 147 Å². The van der Waals surface area contributed by atoms with E-state index in [1.165, 1.54) is 60.9 Å². The predicted octanol–water partition coefficient (Wildman–Crippen LogP) is 3.27. The second kappa shape index (κ2) is 11.6. The molecule has 6 rings (SSSR count). The van der Waals surface area contributed by atoms with Gasteiger partial charge in [-0.2, -0.15) is 9.78 Å². The number of amides is 1. The lowest BCUT2D eigenvalue weighted by atomic mass is 10.1. The number of rotatable bonds is 7. The van der Waals surface area contributed by atoms with Gasteiger partial charge in [0.1, 0.15) is 34.7 Å². The Morgan fingerprint density at radius 1 is 1.09 bits per heavy atom. The molecule has 0 unspecified atom stereocenters. The van der Waals surface area contributed by atoms with Crippen LogP contribution < -0.4 is 20.3 Å². The largest absolute Gasteiger partial charge is 0.470 e. The first-order valence-corrected chi connectivity index (χ1v) is 13.3. The number of likely N-dealkylation sites (tertiary alicyclic amines) is 1. The summed E-state index contributed by atoms with van der Waals surface area (Å²) in [5, 5.41) is 24.2. The number of hydrogen-bond donors (Lipinski definition) is 3. The maximum Gasteiger partial charge on any atom is 0.284 e. The van der Waals surface area contributed by atoms with Crippen molar-refractivity contribution >= 4 is 22.6 Å². The van der Waals surface area contributed by atoms with Gasteiger partial charge < -0.3 is 24.8 Å². The van der Waals surface area contributed by atoms with Crippen molar-refractivity contribution in [3.63, 3.8) is 0 Å². The molecule has 4 heterocycles. The summed E-state index contributed by atoms with van der Waals surface area (Å²) >= 11 is 0. The third-order valence-corrected chi connectivity index (χ3v) is 6.95. The van der Waals surface area contributed by atoms with Crippen LogP contribution in [0, 0.1) is 11.6 Å². The molecule has 0 aliphatic carbocycles. The summed E-state index contributed by atoms with van der Waals surface area (Å²) in [5.41, 5.74) is -0.292. The van der Waals surface area contributed by atoms with Crippen molar-refractivity contribution in [3.8, 4) is 23.1 Å². The Bertz CT molecular complexity index is 1860. The van der Waals surface area contributed by atoms with Crippen molar-refractivity contribution in [2.24, 2.45) is 0 Å². The third kappa shape index (κ3) is 5.78. The fourth-order valence-electron chi connectivity index (χ4n) is 4.74. The number of pyridine rings is 1. The fraction of sp³-hybridized carbons (Fsp3) is 0.207. The lowest BCUT2D eigenvalue weighted by molar-refractivity contribution is -0.0195. The first-order valence-electron chi connectivity index (χ1n) is 13.3. The summed E-state index contributed by atoms with van der Waals surface area (Å²) in [6, 6.07) is 11.6. The van der Waals surface area contributed by atoms with Crippen molar-refractivity contribution in [3.05, 3.63) is 94.5 Å². The van der Waals surface area contributed by atoms with Gasteiger partial charge >= 0.3 is 0 Å². The normalized spacial score (nSPS) is 17.1. The number of β-amino-alcohol motifs (C(OH)–C–C–N with tert-alkyl or cyclic N) is 1. The first kappa shape index (κ1) is 27.9. The van der Waals surface area contributed by atoms with Gasteiger partial charge in [-0.3, -0.25) is 14.7 Å². The summed E-state index contributed by atoms with van der Waals surface area (Å²) in [6.45, 7) is 1.19. The molecule has 3 aromatic heterocycles. The van der Waals surface area contributed by atoms with Gasteiger partial charge in [0.05, 0.1) is 5.69 Å². The van der Waals surface area contributed by atoms with Crippen LogP contribution in [-0.2, 0) is 0 Å². The smallest absolute Gasteiger partial charge is 0.284 e. The van der Waals surface area contributed by atoms with Crippen LogP contribution in [0.4, 0.5) is 14.5 Å². The van der Waals surface area contributed by atoms with Crippen molar-refractivity contribution in [1.29, 1.82) is 0 Å². The maximum absolute atomic E-state index is 15.2. The van der Waals surface area contributed by atoms with Crippen LogP contribution in [0.2, 0.25) is 0 Å². The zero-order valence-corrected chi connectivity index (χ0v) is 22.7. The lowest BCUT2D eigenvalue weighted by Crippen LogP contribution is -2.47. The Balaban J connectivity index is 1.20. The number of nitrogens with zero attached hydrogens (tertiary/aromatic N) is 5. The van der Waals surface area contributed by atoms with Crippen LogP contribution in [0.25, 0.3) is 16.7 Å². The molecule has 1 fully saturated rings. The van der Waals surface area contributed by atoms with Crippen LogP contribution in [0.3, 0.4) is 0 Å². The zero-order valence-electron chi connectivity index (χ0n) is 22.7. The number of piperidine rings is 1. The number of aliphatic hydroxyl groups is 1. The minimum absolute atomic E-state index is 0.0721. The summed E-state index contributed by atoms with van der Waals surface area (Å²) < 4.78 is 41.3. The minimum Gasteiger partial charge on any atom is -0.470 e. The molecule has 5 aromatic rings. The van der Waals surface area contributed by atoms with Gasteiger partial charge in [-0.25, -0.2) is 13.8 Å². The van der Waals surface area contributed by atoms with Crippen molar-refractivity contribution in [2.45, 2.75) is 18.6 Å². The van der Waals surface area contributed by atoms with Gasteiger partial charge in [-0.15, -0.1) is 5.10 Å². The van der Waals surface area contributed by atoms with Crippen LogP contribution in [-0.4, -0.2) is 73.2 Å². The zero-order chi connectivity index (χ0) is 30.1. The maximum atomic E-state index is 15.2. The van der Waals surface area contributed by atoms with E-state index >= 15 is 4.39 Å². The second-order valence-electron chi connectivity index (χ2n) is 9.98. The fourth-order valence-corrected chi connectivity index (χ4v) is 4.74. The standard InChI is InChI=1S/C29H25F2N7O5/c1-37-13-10-23(21(39)15-37)43-28-25-24(9-11-32-26(25)35-36-28)42-22-7-4-17(14-20(22)31)34-27(40)19-8-12-33-38(29(19)41)18-5-2-16(30)3-6-18/h2-9,11-12,14,21,23,39H,10,13,15H2,1H3,(H,34,40)(H,32,35,36)/t21-,23-/m0/s1. The van der Waals surface area contributed by atoms with E-state index in [4.69, 9.17) is 9.47 Å². The highest BCUT2D eigenvalue weighted by Crippen LogP contribution is 2.36. The Labute approximate surface area is 242 Å². The van der Waals surface area contributed by atoms with Gasteiger partial charge in [-0.05, 0) is 55.9 Å². The predicted molar refractivity (Wildman–Crippen MR) is 151 cm³/mol. The van der Waals surface area contributed by atoms with Gasteiger partial charge in [0.2, 0.25) is 5.88 Å². The van der Waals surface area contributed by atoms with E-state index in [9.17, 15) is 19.1 Å². The average Bonchev–Trinajstić information content (AvgIpc) is 3.40. The van der Waals surface area contributed by atoms with Crippen molar-refractivity contribution < 1.29 is 28.2 Å². The number of ether oxygens (including phenoxy) is 2. The Morgan fingerprint density at radius 2 is 1.91 bits per heavy atom. The summed E-state index contributed by atoms with van der Waals surface area (Å²) in [7, 11) is 1.91. The van der Waals surface area contributed by atoms with Gasteiger partial charge in [-0.1, -0.05) is 0 Å².